The van der Waals surface area contributed by atoms with Crippen LogP contribution in [-0.4, -0.2) is 41.3 Å². The molecule has 2 aliphatic carbocycles. The van der Waals surface area contributed by atoms with Crippen LogP contribution in [0.15, 0.2) is 48.5 Å². The Labute approximate surface area is 206 Å². The molecule has 4 rings (SSSR count). The molecule has 1 saturated carbocycles. The lowest BCUT2D eigenvalue weighted by atomic mass is 9.92. The Morgan fingerprint density at radius 1 is 1.03 bits per heavy atom. The highest BCUT2D eigenvalue weighted by atomic mass is 16.5. The maximum Gasteiger partial charge on any atom is 0.407 e. The molecule has 0 aromatic heterocycles. The van der Waals surface area contributed by atoms with Gasteiger partial charge in [0.05, 0.1) is 12.0 Å². The van der Waals surface area contributed by atoms with E-state index >= 15 is 0 Å². The van der Waals surface area contributed by atoms with E-state index in [4.69, 9.17) is 9.84 Å². The summed E-state index contributed by atoms with van der Waals surface area (Å²) in [5.74, 6) is -1.19. The predicted octanol–water partition coefficient (Wildman–Crippen LogP) is 4.99. The summed E-state index contributed by atoms with van der Waals surface area (Å²) < 4.78 is 5.72. The molecule has 35 heavy (non-hydrogen) atoms. The van der Waals surface area contributed by atoms with Gasteiger partial charge in [-0.3, -0.25) is 9.59 Å². The van der Waals surface area contributed by atoms with Crippen LogP contribution in [0, 0.1) is 0 Å². The van der Waals surface area contributed by atoms with Crippen molar-refractivity contribution in [1.82, 2.24) is 10.6 Å². The Morgan fingerprint density at radius 3 is 2.20 bits per heavy atom. The topological polar surface area (TPSA) is 105 Å². The molecular weight excluding hydrogens is 444 g/mol. The van der Waals surface area contributed by atoms with Crippen LogP contribution in [0.3, 0.4) is 0 Å². The molecule has 2 aliphatic rings. The summed E-state index contributed by atoms with van der Waals surface area (Å²) in [6.45, 7) is 2.18. The molecule has 0 spiro atoms. The molecule has 0 radical (unpaired) electrons. The highest BCUT2D eigenvalue weighted by Crippen LogP contribution is 2.44. The number of hydrogen-bond donors (Lipinski definition) is 3. The van der Waals surface area contributed by atoms with E-state index in [0.717, 1.165) is 30.4 Å². The third-order valence-corrected chi connectivity index (χ3v) is 7.19. The molecule has 186 valence electrons. The normalized spacial score (nSPS) is 16.7. The van der Waals surface area contributed by atoms with Crippen molar-refractivity contribution in [2.45, 2.75) is 75.8 Å². The minimum absolute atomic E-state index is 0.0261. The van der Waals surface area contributed by atoms with Crippen LogP contribution < -0.4 is 10.6 Å². The third-order valence-electron chi connectivity index (χ3n) is 7.19. The number of fused-ring (bicyclic) bond motifs is 3. The fraction of sp³-hybridized carbons (Fsp3) is 0.464. The van der Waals surface area contributed by atoms with E-state index in [1.54, 1.807) is 0 Å². The van der Waals surface area contributed by atoms with Crippen LogP contribution >= 0.6 is 0 Å². The van der Waals surface area contributed by atoms with E-state index in [0.29, 0.717) is 19.3 Å². The average molecular weight is 479 g/mol. The first-order chi connectivity index (χ1) is 16.9. The lowest BCUT2D eigenvalue weighted by molar-refractivity contribution is -0.137. The first kappa shape index (κ1) is 24.8. The molecule has 0 saturated heterocycles. The molecule has 1 atom stereocenters. The zero-order chi connectivity index (χ0) is 24.8. The molecule has 0 heterocycles. The zero-order valence-electron chi connectivity index (χ0n) is 20.2. The SMILES string of the molecule is CCC[C@@H](CC(=O)O)NC(=O)CC1(NC(=O)OCC2c3ccccc3-c3ccccc32)CCCC1. The van der Waals surface area contributed by atoms with Crippen LogP contribution in [0.4, 0.5) is 4.79 Å². The van der Waals surface area contributed by atoms with Gasteiger partial charge in [-0.2, -0.15) is 0 Å². The van der Waals surface area contributed by atoms with Crippen molar-refractivity contribution < 1.29 is 24.2 Å². The quantitative estimate of drug-likeness (QED) is 0.446. The Morgan fingerprint density at radius 2 is 1.63 bits per heavy atom. The molecule has 0 bridgehead atoms. The molecule has 0 aliphatic heterocycles. The smallest absolute Gasteiger partial charge is 0.407 e. The molecule has 7 heteroatoms. The number of alkyl carbamates (subject to hydrolysis) is 1. The maximum absolute atomic E-state index is 12.9. The molecule has 3 N–H and O–H groups in total. The van der Waals surface area contributed by atoms with E-state index in [1.165, 1.54) is 11.1 Å². The van der Waals surface area contributed by atoms with Gasteiger partial charge < -0.3 is 20.5 Å². The summed E-state index contributed by atoms with van der Waals surface area (Å²) >= 11 is 0. The number of carbonyl (C=O) groups excluding carboxylic acids is 2. The van der Waals surface area contributed by atoms with Crippen LogP contribution in [0.5, 0.6) is 0 Å². The Hall–Kier alpha value is -3.35. The van der Waals surface area contributed by atoms with Crippen molar-refractivity contribution in [3.8, 4) is 11.1 Å². The summed E-state index contributed by atoms with van der Waals surface area (Å²) in [5, 5.41) is 15.0. The summed E-state index contributed by atoms with van der Waals surface area (Å²) in [5.41, 5.74) is 3.98. The van der Waals surface area contributed by atoms with Gasteiger partial charge in [-0.05, 0) is 41.5 Å². The van der Waals surface area contributed by atoms with Gasteiger partial charge in [0, 0.05) is 18.4 Å². The lowest BCUT2D eigenvalue weighted by Crippen LogP contribution is -2.51. The number of hydrogen-bond acceptors (Lipinski definition) is 4. The average Bonchev–Trinajstić information content (AvgIpc) is 3.39. The van der Waals surface area contributed by atoms with Crippen molar-refractivity contribution in [2.24, 2.45) is 0 Å². The van der Waals surface area contributed by atoms with Gasteiger partial charge >= 0.3 is 12.1 Å². The first-order valence-corrected chi connectivity index (χ1v) is 12.5. The second-order valence-electron chi connectivity index (χ2n) is 9.77. The molecular formula is C28H34N2O5. The number of ether oxygens (including phenoxy) is 1. The van der Waals surface area contributed by atoms with E-state index in [9.17, 15) is 14.4 Å². The lowest BCUT2D eigenvalue weighted by Gasteiger charge is -2.30. The number of carboxylic acid groups (broad SMARTS) is 1. The number of rotatable bonds is 10. The van der Waals surface area contributed by atoms with E-state index in [1.807, 2.05) is 31.2 Å². The van der Waals surface area contributed by atoms with E-state index in [-0.39, 0.29) is 31.3 Å². The number of carbonyl (C=O) groups is 3. The number of amides is 2. The Bertz CT molecular complexity index is 1030. The summed E-state index contributed by atoms with van der Waals surface area (Å²) in [7, 11) is 0. The van der Waals surface area contributed by atoms with Gasteiger partial charge in [0.25, 0.3) is 0 Å². The maximum atomic E-state index is 12.9. The van der Waals surface area contributed by atoms with E-state index in [2.05, 4.69) is 34.9 Å². The monoisotopic (exact) mass is 478 g/mol. The second kappa shape index (κ2) is 10.9. The van der Waals surface area contributed by atoms with Crippen LogP contribution in [0.1, 0.15) is 75.3 Å². The summed E-state index contributed by atoms with van der Waals surface area (Å²) in [6, 6.07) is 16.0. The Kier molecular flexibility index (Phi) is 7.73. The minimum Gasteiger partial charge on any atom is -0.481 e. The number of nitrogens with one attached hydrogen (secondary N) is 2. The molecule has 2 aromatic carbocycles. The number of carboxylic acids is 1. The molecule has 7 nitrogen and oxygen atoms in total. The number of benzene rings is 2. The van der Waals surface area contributed by atoms with Crippen molar-refractivity contribution in [2.75, 3.05) is 6.61 Å². The van der Waals surface area contributed by atoms with Gasteiger partial charge in [-0.1, -0.05) is 74.7 Å². The Balaban J connectivity index is 1.38. The van der Waals surface area contributed by atoms with Gasteiger partial charge in [-0.15, -0.1) is 0 Å². The van der Waals surface area contributed by atoms with E-state index < -0.39 is 23.6 Å². The van der Waals surface area contributed by atoms with Crippen molar-refractivity contribution in [3.05, 3.63) is 59.7 Å². The van der Waals surface area contributed by atoms with Gasteiger partial charge in [-0.25, -0.2) is 4.79 Å². The molecule has 2 amide bonds. The number of aliphatic carboxylic acids is 1. The van der Waals surface area contributed by atoms with Crippen molar-refractivity contribution >= 4 is 18.0 Å². The minimum atomic E-state index is -0.934. The fourth-order valence-corrected chi connectivity index (χ4v) is 5.62. The second-order valence-corrected chi connectivity index (χ2v) is 9.77. The standard InChI is InChI=1S/C28H34N2O5/c1-2-9-19(16-26(32)33)29-25(31)17-28(14-7-8-15-28)30-27(34)35-18-24-22-12-5-3-10-20(22)21-11-4-6-13-23(21)24/h3-6,10-13,19,24H,2,7-9,14-18H2,1H3,(H,29,31)(H,30,34)(H,32,33)/t19-/m0/s1. The fourth-order valence-electron chi connectivity index (χ4n) is 5.62. The third kappa shape index (κ3) is 5.84. The van der Waals surface area contributed by atoms with Crippen LogP contribution in [0.2, 0.25) is 0 Å². The van der Waals surface area contributed by atoms with Gasteiger partial charge in [0.15, 0.2) is 0 Å². The van der Waals surface area contributed by atoms with Crippen molar-refractivity contribution in [3.63, 3.8) is 0 Å². The van der Waals surface area contributed by atoms with Crippen LogP contribution in [-0.2, 0) is 14.3 Å². The predicted molar refractivity (Wildman–Crippen MR) is 133 cm³/mol. The molecule has 0 unspecified atom stereocenters. The van der Waals surface area contributed by atoms with Crippen LogP contribution in [0.25, 0.3) is 11.1 Å². The molecule has 1 fully saturated rings. The largest absolute Gasteiger partial charge is 0.481 e. The van der Waals surface area contributed by atoms with Gasteiger partial charge in [0.1, 0.15) is 6.61 Å². The molecule has 2 aromatic rings. The van der Waals surface area contributed by atoms with Gasteiger partial charge in [0.2, 0.25) is 5.91 Å². The zero-order valence-corrected chi connectivity index (χ0v) is 20.2. The highest BCUT2D eigenvalue weighted by molar-refractivity contribution is 5.81. The summed E-state index contributed by atoms with van der Waals surface area (Å²) in [6.07, 6.45) is 4.12. The van der Waals surface area contributed by atoms with Crippen molar-refractivity contribution in [1.29, 1.82) is 0 Å². The first-order valence-electron chi connectivity index (χ1n) is 12.5. The summed E-state index contributed by atoms with van der Waals surface area (Å²) in [4.78, 5) is 36.8. The highest BCUT2D eigenvalue weighted by Gasteiger charge is 2.39.